The van der Waals surface area contributed by atoms with Crippen molar-refractivity contribution in [1.29, 1.82) is 0 Å². The molecular formula is C17H15F2NO2S. The first kappa shape index (κ1) is 15.8. The van der Waals surface area contributed by atoms with Crippen LogP contribution in [-0.2, 0) is 0 Å². The van der Waals surface area contributed by atoms with Crippen LogP contribution in [0.25, 0.3) is 0 Å². The molecule has 120 valence electrons. The van der Waals surface area contributed by atoms with Crippen molar-refractivity contribution in [2.75, 3.05) is 13.1 Å². The average molecular weight is 335 g/mol. The molecule has 1 fully saturated rings. The average Bonchev–Trinajstić information content (AvgIpc) is 3.08. The highest BCUT2D eigenvalue weighted by atomic mass is 32.1. The van der Waals surface area contributed by atoms with Gasteiger partial charge in [0, 0.05) is 25.1 Å². The van der Waals surface area contributed by atoms with Crippen LogP contribution < -0.4 is 0 Å². The monoisotopic (exact) mass is 335 g/mol. The molecule has 0 atom stereocenters. The summed E-state index contributed by atoms with van der Waals surface area (Å²) in [5.41, 5.74) is -0.0746. The number of carbonyl (C=O) groups is 2. The molecule has 1 amide bonds. The fourth-order valence-electron chi connectivity index (χ4n) is 2.81. The first-order chi connectivity index (χ1) is 11.1. The van der Waals surface area contributed by atoms with Gasteiger partial charge in [-0.25, -0.2) is 8.78 Å². The van der Waals surface area contributed by atoms with Crippen LogP contribution in [0.3, 0.4) is 0 Å². The van der Waals surface area contributed by atoms with E-state index in [-0.39, 0.29) is 23.2 Å². The SMILES string of the molecule is O=C(c1ccc(F)cc1F)C1CCN(C(=O)c2cccs2)CC1. The summed E-state index contributed by atoms with van der Waals surface area (Å²) >= 11 is 1.39. The molecule has 3 nitrogen and oxygen atoms in total. The van der Waals surface area contributed by atoms with E-state index in [0.717, 1.165) is 12.1 Å². The van der Waals surface area contributed by atoms with Crippen LogP contribution in [0.4, 0.5) is 8.78 Å². The van der Waals surface area contributed by atoms with E-state index in [0.29, 0.717) is 30.8 Å². The molecule has 1 aliphatic heterocycles. The molecule has 0 saturated carbocycles. The van der Waals surface area contributed by atoms with Gasteiger partial charge >= 0.3 is 0 Å². The van der Waals surface area contributed by atoms with Gasteiger partial charge in [-0.1, -0.05) is 6.07 Å². The zero-order valence-electron chi connectivity index (χ0n) is 12.3. The van der Waals surface area contributed by atoms with Crippen LogP contribution in [0.5, 0.6) is 0 Å². The van der Waals surface area contributed by atoms with Crippen LogP contribution in [0.2, 0.25) is 0 Å². The minimum atomic E-state index is -0.827. The number of Topliss-reactive ketones (excluding diaryl/α,β-unsaturated/α-hetero) is 1. The lowest BCUT2D eigenvalue weighted by atomic mass is 9.88. The van der Waals surface area contributed by atoms with Gasteiger partial charge in [-0.15, -0.1) is 11.3 Å². The molecule has 0 N–H and O–H groups in total. The van der Waals surface area contributed by atoms with E-state index in [1.54, 1.807) is 11.0 Å². The molecule has 2 aromatic rings. The normalized spacial score (nSPS) is 15.7. The zero-order valence-corrected chi connectivity index (χ0v) is 13.1. The van der Waals surface area contributed by atoms with Gasteiger partial charge in [0.25, 0.3) is 5.91 Å². The fourth-order valence-corrected chi connectivity index (χ4v) is 3.50. The summed E-state index contributed by atoms with van der Waals surface area (Å²) in [5.74, 6) is -2.20. The van der Waals surface area contributed by atoms with Crippen molar-refractivity contribution in [2.24, 2.45) is 5.92 Å². The van der Waals surface area contributed by atoms with Crippen LogP contribution in [-0.4, -0.2) is 29.7 Å². The number of nitrogens with zero attached hydrogens (tertiary/aromatic N) is 1. The Morgan fingerprint density at radius 2 is 1.87 bits per heavy atom. The number of likely N-dealkylation sites (tertiary alicyclic amines) is 1. The van der Waals surface area contributed by atoms with Crippen LogP contribution in [0.15, 0.2) is 35.7 Å². The molecule has 2 heterocycles. The van der Waals surface area contributed by atoms with E-state index in [9.17, 15) is 18.4 Å². The topological polar surface area (TPSA) is 37.4 Å². The highest BCUT2D eigenvalue weighted by molar-refractivity contribution is 7.12. The van der Waals surface area contributed by atoms with Crippen molar-refractivity contribution in [2.45, 2.75) is 12.8 Å². The predicted molar refractivity (Wildman–Crippen MR) is 83.6 cm³/mol. The van der Waals surface area contributed by atoms with Crippen LogP contribution in [0.1, 0.15) is 32.9 Å². The molecule has 0 radical (unpaired) electrons. The van der Waals surface area contributed by atoms with Crippen LogP contribution in [0, 0.1) is 17.6 Å². The van der Waals surface area contributed by atoms with Crippen molar-refractivity contribution < 1.29 is 18.4 Å². The summed E-state index contributed by atoms with van der Waals surface area (Å²) in [6, 6.07) is 6.61. The van der Waals surface area contributed by atoms with E-state index in [1.165, 1.54) is 17.4 Å². The standard InChI is InChI=1S/C17H15F2NO2S/c18-12-3-4-13(14(19)10-12)16(21)11-5-7-20(8-6-11)17(22)15-2-1-9-23-15/h1-4,9-11H,5-8H2. The number of ketones is 1. The molecule has 0 unspecified atom stereocenters. The number of piperidine rings is 1. The number of amides is 1. The van der Waals surface area contributed by atoms with Crippen molar-refractivity contribution >= 4 is 23.0 Å². The lowest BCUT2D eigenvalue weighted by Gasteiger charge is -2.31. The Labute approximate surface area is 136 Å². The van der Waals surface area contributed by atoms with Crippen molar-refractivity contribution in [3.05, 3.63) is 57.8 Å². The van der Waals surface area contributed by atoms with E-state index in [2.05, 4.69) is 0 Å². The Morgan fingerprint density at radius 1 is 1.13 bits per heavy atom. The van der Waals surface area contributed by atoms with Crippen LogP contribution >= 0.6 is 11.3 Å². The molecule has 0 spiro atoms. The quantitative estimate of drug-likeness (QED) is 0.801. The minimum Gasteiger partial charge on any atom is -0.338 e. The molecule has 1 aromatic heterocycles. The van der Waals surface area contributed by atoms with Gasteiger partial charge in [0.15, 0.2) is 5.78 Å². The minimum absolute atomic E-state index is 0.0288. The highest BCUT2D eigenvalue weighted by Gasteiger charge is 2.29. The maximum absolute atomic E-state index is 13.7. The first-order valence-corrected chi connectivity index (χ1v) is 8.26. The number of thiophene rings is 1. The van der Waals surface area contributed by atoms with E-state index in [4.69, 9.17) is 0 Å². The summed E-state index contributed by atoms with van der Waals surface area (Å²) in [7, 11) is 0. The Hall–Kier alpha value is -2.08. The highest BCUT2D eigenvalue weighted by Crippen LogP contribution is 2.25. The number of benzene rings is 1. The molecule has 1 aromatic carbocycles. The van der Waals surface area contributed by atoms with E-state index < -0.39 is 11.6 Å². The summed E-state index contributed by atoms with van der Waals surface area (Å²) < 4.78 is 26.7. The first-order valence-electron chi connectivity index (χ1n) is 7.38. The molecule has 0 bridgehead atoms. The lowest BCUT2D eigenvalue weighted by Crippen LogP contribution is -2.40. The molecule has 23 heavy (non-hydrogen) atoms. The summed E-state index contributed by atoms with van der Waals surface area (Å²) in [4.78, 5) is 27.0. The molecule has 0 aliphatic carbocycles. The van der Waals surface area contributed by atoms with E-state index >= 15 is 0 Å². The van der Waals surface area contributed by atoms with Gasteiger partial charge in [0.1, 0.15) is 11.6 Å². The summed E-state index contributed by atoms with van der Waals surface area (Å²) in [5, 5.41) is 1.85. The largest absolute Gasteiger partial charge is 0.338 e. The van der Waals surface area contributed by atoms with Gasteiger partial charge in [0.05, 0.1) is 10.4 Å². The predicted octanol–water partition coefficient (Wildman–Crippen LogP) is 3.76. The molecule has 6 heteroatoms. The Morgan fingerprint density at radius 3 is 2.48 bits per heavy atom. The molecular weight excluding hydrogens is 320 g/mol. The van der Waals surface area contributed by atoms with Crippen molar-refractivity contribution in [3.8, 4) is 0 Å². The third-order valence-corrected chi connectivity index (χ3v) is 4.94. The smallest absolute Gasteiger partial charge is 0.263 e. The Balaban J connectivity index is 1.64. The third kappa shape index (κ3) is 3.32. The third-order valence-electron chi connectivity index (χ3n) is 4.08. The van der Waals surface area contributed by atoms with Gasteiger partial charge in [-0.2, -0.15) is 0 Å². The van der Waals surface area contributed by atoms with Crippen molar-refractivity contribution in [3.63, 3.8) is 0 Å². The second-order valence-electron chi connectivity index (χ2n) is 5.53. The lowest BCUT2D eigenvalue weighted by molar-refractivity contribution is 0.0653. The second-order valence-corrected chi connectivity index (χ2v) is 6.48. The molecule has 3 rings (SSSR count). The zero-order chi connectivity index (χ0) is 16.4. The Bertz CT molecular complexity index is 722. The summed E-state index contributed by atoms with van der Waals surface area (Å²) in [6.45, 7) is 0.936. The van der Waals surface area contributed by atoms with Gasteiger partial charge in [-0.3, -0.25) is 9.59 Å². The van der Waals surface area contributed by atoms with Gasteiger partial charge < -0.3 is 4.90 Å². The fraction of sp³-hybridized carbons (Fsp3) is 0.294. The number of rotatable bonds is 3. The number of hydrogen-bond acceptors (Lipinski definition) is 3. The van der Waals surface area contributed by atoms with Gasteiger partial charge in [-0.05, 0) is 36.4 Å². The van der Waals surface area contributed by atoms with E-state index in [1.807, 2.05) is 11.4 Å². The maximum atomic E-state index is 13.7. The molecule has 1 aliphatic rings. The van der Waals surface area contributed by atoms with Crippen molar-refractivity contribution in [1.82, 2.24) is 4.90 Å². The van der Waals surface area contributed by atoms with Gasteiger partial charge in [0.2, 0.25) is 0 Å². The summed E-state index contributed by atoms with van der Waals surface area (Å²) in [6.07, 6.45) is 0.986. The second kappa shape index (κ2) is 6.58. The number of carbonyl (C=O) groups excluding carboxylic acids is 2. The number of hydrogen-bond donors (Lipinski definition) is 0. The Kier molecular flexibility index (Phi) is 4.52. The maximum Gasteiger partial charge on any atom is 0.263 e. The molecule has 1 saturated heterocycles. The number of halogens is 2.